The highest BCUT2D eigenvalue weighted by atomic mass is 19.1. The summed E-state index contributed by atoms with van der Waals surface area (Å²) in [6.45, 7) is 5.53. The van der Waals surface area contributed by atoms with Crippen molar-refractivity contribution < 1.29 is 9.13 Å². The van der Waals surface area contributed by atoms with E-state index in [1.54, 1.807) is 17.7 Å². The molecular weight excluding hydrogens is 259 g/mol. The van der Waals surface area contributed by atoms with Gasteiger partial charge in [0, 0.05) is 12.0 Å². The van der Waals surface area contributed by atoms with Crippen LogP contribution in [0.1, 0.15) is 44.0 Å². The number of benzene rings is 1. The summed E-state index contributed by atoms with van der Waals surface area (Å²) in [5.41, 5.74) is 1.25. The quantitative estimate of drug-likeness (QED) is 0.861. The lowest BCUT2D eigenvalue weighted by Gasteiger charge is -2.15. The van der Waals surface area contributed by atoms with Crippen LogP contribution in [0.3, 0.4) is 0 Å². The number of hydrogen-bond donors (Lipinski definition) is 0. The van der Waals surface area contributed by atoms with Crippen LogP contribution in [0.4, 0.5) is 4.39 Å². The first-order valence-electron chi connectivity index (χ1n) is 6.81. The zero-order chi connectivity index (χ0) is 14.3. The molecule has 0 unspecified atom stereocenters. The van der Waals surface area contributed by atoms with Crippen molar-refractivity contribution in [1.82, 2.24) is 20.2 Å². The van der Waals surface area contributed by atoms with Crippen LogP contribution in [0.5, 0.6) is 5.75 Å². The molecule has 0 atom stereocenters. The third-order valence-electron chi connectivity index (χ3n) is 3.27. The molecule has 1 aliphatic carbocycles. The summed E-state index contributed by atoms with van der Waals surface area (Å²) in [5.74, 6) is 1.41. The summed E-state index contributed by atoms with van der Waals surface area (Å²) in [6.07, 6.45) is 2.15. The van der Waals surface area contributed by atoms with E-state index >= 15 is 0 Å². The van der Waals surface area contributed by atoms with Gasteiger partial charge in [-0.25, -0.2) is 4.39 Å². The molecule has 0 radical (unpaired) electrons. The summed E-state index contributed by atoms with van der Waals surface area (Å²) in [6, 6.07) is 3.14. The number of rotatable bonds is 4. The molecule has 0 amide bonds. The Kier molecular flexibility index (Phi) is 3.16. The normalized spacial score (nSPS) is 14.8. The van der Waals surface area contributed by atoms with Crippen molar-refractivity contribution >= 4 is 0 Å². The highest BCUT2D eigenvalue weighted by Crippen LogP contribution is 2.40. The van der Waals surface area contributed by atoms with Gasteiger partial charge in [0.05, 0.1) is 6.10 Å². The highest BCUT2D eigenvalue weighted by molar-refractivity contribution is 5.49. The third-order valence-corrected chi connectivity index (χ3v) is 3.27. The molecule has 0 saturated heterocycles. The minimum absolute atomic E-state index is 0.0447. The van der Waals surface area contributed by atoms with Crippen molar-refractivity contribution in [1.29, 1.82) is 0 Å². The predicted octanol–water partition coefficient (Wildman–Crippen LogP) is 2.77. The van der Waals surface area contributed by atoms with Crippen molar-refractivity contribution in [3.8, 4) is 11.4 Å². The predicted molar refractivity (Wildman–Crippen MR) is 71.6 cm³/mol. The third kappa shape index (κ3) is 2.37. The van der Waals surface area contributed by atoms with Gasteiger partial charge >= 0.3 is 0 Å². The Morgan fingerprint density at radius 1 is 1.35 bits per heavy atom. The molecule has 1 aromatic carbocycles. The zero-order valence-electron chi connectivity index (χ0n) is 11.8. The fourth-order valence-electron chi connectivity index (χ4n) is 2.12. The molecule has 5 nitrogen and oxygen atoms in total. The molecule has 1 heterocycles. The Bertz CT molecular complexity index is 634. The average molecular weight is 276 g/mol. The van der Waals surface area contributed by atoms with E-state index in [-0.39, 0.29) is 11.9 Å². The van der Waals surface area contributed by atoms with Crippen LogP contribution in [0, 0.1) is 12.7 Å². The van der Waals surface area contributed by atoms with Crippen molar-refractivity contribution in [3.05, 3.63) is 29.3 Å². The van der Waals surface area contributed by atoms with E-state index in [2.05, 4.69) is 15.5 Å². The van der Waals surface area contributed by atoms with Gasteiger partial charge in [-0.15, -0.1) is 5.10 Å². The van der Waals surface area contributed by atoms with E-state index in [4.69, 9.17) is 4.74 Å². The number of tetrazole rings is 1. The highest BCUT2D eigenvalue weighted by Gasteiger charge is 2.31. The summed E-state index contributed by atoms with van der Waals surface area (Å²) in [7, 11) is 0. The molecule has 0 spiro atoms. The first-order valence-corrected chi connectivity index (χ1v) is 6.81. The number of halogens is 1. The van der Waals surface area contributed by atoms with Crippen LogP contribution >= 0.6 is 0 Å². The van der Waals surface area contributed by atoms with Crippen LogP contribution in [-0.4, -0.2) is 26.3 Å². The molecule has 1 fully saturated rings. The second-order valence-electron chi connectivity index (χ2n) is 5.46. The molecule has 1 aliphatic rings. The second-order valence-corrected chi connectivity index (χ2v) is 5.46. The second kappa shape index (κ2) is 4.85. The van der Waals surface area contributed by atoms with Gasteiger partial charge in [0.2, 0.25) is 0 Å². The van der Waals surface area contributed by atoms with E-state index in [0.717, 1.165) is 18.7 Å². The number of nitrogens with zero attached hydrogens (tertiary/aromatic N) is 4. The number of aromatic nitrogens is 4. The van der Waals surface area contributed by atoms with Crippen molar-refractivity contribution in [2.45, 2.75) is 45.6 Å². The topological polar surface area (TPSA) is 52.8 Å². The molecule has 1 aromatic heterocycles. The summed E-state index contributed by atoms with van der Waals surface area (Å²) < 4.78 is 21.2. The van der Waals surface area contributed by atoms with Crippen LogP contribution in [0.2, 0.25) is 0 Å². The SMILES string of the molecule is Cc1cc(-n2nnnc2C2CC2)c(OC(C)C)cc1F. The summed E-state index contributed by atoms with van der Waals surface area (Å²) in [5, 5.41) is 11.9. The van der Waals surface area contributed by atoms with Crippen LogP contribution in [0.15, 0.2) is 12.1 Å². The van der Waals surface area contributed by atoms with Crippen LogP contribution in [0.25, 0.3) is 5.69 Å². The Morgan fingerprint density at radius 2 is 2.10 bits per heavy atom. The van der Waals surface area contributed by atoms with Gasteiger partial charge in [0.25, 0.3) is 0 Å². The Balaban J connectivity index is 2.10. The Hall–Kier alpha value is -1.98. The van der Waals surface area contributed by atoms with E-state index < -0.39 is 0 Å². The maximum atomic E-state index is 13.8. The lowest BCUT2D eigenvalue weighted by Crippen LogP contribution is -2.11. The smallest absolute Gasteiger partial charge is 0.159 e. The molecule has 106 valence electrons. The fourth-order valence-corrected chi connectivity index (χ4v) is 2.12. The van der Waals surface area contributed by atoms with Gasteiger partial charge in [0.1, 0.15) is 17.3 Å². The summed E-state index contributed by atoms with van der Waals surface area (Å²) >= 11 is 0. The van der Waals surface area contributed by atoms with Crippen molar-refractivity contribution in [3.63, 3.8) is 0 Å². The maximum Gasteiger partial charge on any atom is 0.159 e. The molecule has 3 rings (SSSR count). The van der Waals surface area contributed by atoms with Gasteiger partial charge in [-0.3, -0.25) is 0 Å². The summed E-state index contributed by atoms with van der Waals surface area (Å²) in [4.78, 5) is 0. The van der Waals surface area contributed by atoms with Gasteiger partial charge in [-0.2, -0.15) is 4.68 Å². The first-order chi connectivity index (χ1) is 9.56. The lowest BCUT2D eigenvalue weighted by atomic mass is 10.2. The molecule has 1 saturated carbocycles. The Labute approximate surface area is 116 Å². The molecule has 0 bridgehead atoms. The average Bonchev–Trinajstić information content (AvgIpc) is 3.11. The monoisotopic (exact) mass is 276 g/mol. The molecule has 2 aromatic rings. The molecule has 20 heavy (non-hydrogen) atoms. The molecule has 0 aliphatic heterocycles. The first kappa shape index (κ1) is 13.0. The maximum absolute atomic E-state index is 13.8. The van der Waals surface area contributed by atoms with Crippen LogP contribution in [-0.2, 0) is 0 Å². The Morgan fingerprint density at radius 3 is 2.75 bits per heavy atom. The van der Waals surface area contributed by atoms with Gasteiger partial charge in [-0.1, -0.05) is 0 Å². The fraction of sp³-hybridized carbons (Fsp3) is 0.500. The minimum atomic E-state index is -0.287. The molecular formula is C14H17FN4O. The number of hydrogen-bond acceptors (Lipinski definition) is 4. The van der Waals surface area contributed by atoms with Gasteiger partial charge in [-0.05, 0) is 55.7 Å². The van der Waals surface area contributed by atoms with Gasteiger partial charge < -0.3 is 4.74 Å². The molecule has 6 heteroatoms. The van der Waals surface area contributed by atoms with E-state index in [1.807, 2.05) is 13.8 Å². The number of aryl methyl sites for hydroxylation is 1. The standard InChI is InChI=1S/C14H17FN4O/c1-8(2)20-13-7-11(15)9(3)6-12(13)19-14(10-4-5-10)16-17-18-19/h6-8,10H,4-5H2,1-3H3. The van der Waals surface area contributed by atoms with Crippen LogP contribution < -0.4 is 4.74 Å². The van der Waals surface area contributed by atoms with E-state index in [9.17, 15) is 4.39 Å². The lowest BCUT2D eigenvalue weighted by molar-refractivity contribution is 0.240. The zero-order valence-corrected chi connectivity index (χ0v) is 11.8. The van der Waals surface area contributed by atoms with Gasteiger partial charge in [0.15, 0.2) is 5.82 Å². The molecule has 0 N–H and O–H groups in total. The van der Waals surface area contributed by atoms with Crippen molar-refractivity contribution in [2.24, 2.45) is 0 Å². The number of ether oxygens (including phenoxy) is 1. The van der Waals surface area contributed by atoms with Crippen molar-refractivity contribution in [2.75, 3.05) is 0 Å². The van der Waals surface area contributed by atoms with E-state index in [1.165, 1.54) is 6.07 Å². The van der Waals surface area contributed by atoms with E-state index in [0.29, 0.717) is 22.9 Å². The minimum Gasteiger partial charge on any atom is -0.489 e. The largest absolute Gasteiger partial charge is 0.489 e.